The summed E-state index contributed by atoms with van der Waals surface area (Å²) in [7, 11) is 0. The molecule has 0 heterocycles. The fraction of sp³-hybridized carbons (Fsp3) is 0.273. The fourth-order valence-electron chi connectivity index (χ4n) is 6.23. The number of hydrogen-bond donors (Lipinski definition) is 2. The van der Waals surface area contributed by atoms with Crippen LogP contribution in [0.2, 0.25) is 0 Å². The highest BCUT2D eigenvalue weighted by molar-refractivity contribution is 5.92. The Morgan fingerprint density at radius 2 is 1.10 bits per heavy atom. The van der Waals surface area contributed by atoms with Gasteiger partial charge in [0.15, 0.2) is 0 Å². The first kappa shape index (κ1) is 36.2. The molecule has 0 aliphatic heterocycles. The van der Waals surface area contributed by atoms with Crippen LogP contribution in [0.25, 0.3) is 32.7 Å². The molecule has 258 valence electrons. The van der Waals surface area contributed by atoms with Crippen LogP contribution in [0.1, 0.15) is 54.0 Å². The lowest BCUT2D eigenvalue weighted by molar-refractivity contribution is -0.142. The van der Waals surface area contributed by atoms with Crippen LogP contribution in [0.15, 0.2) is 115 Å². The number of rotatable bonds is 16. The molecule has 0 aliphatic carbocycles. The van der Waals surface area contributed by atoms with Crippen LogP contribution in [0.4, 0.5) is 0 Å². The van der Waals surface area contributed by atoms with E-state index in [0.717, 1.165) is 43.2 Å². The summed E-state index contributed by atoms with van der Waals surface area (Å²) >= 11 is 0. The number of ether oxygens (including phenoxy) is 2. The van der Waals surface area contributed by atoms with Crippen LogP contribution in [0, 0.1) is 0 Å². The van der Waals surface area contributed by atoms with E-state index < -0.39 is 31.1 Å². The van der Waals surface area contributed by atoms with Gasteiger partial charge in [0.05, 0.1) is 30.3 Å². The Hall–Kier alpha value is -5.04. The molecular weight excluding hydrogens is 624 g/mol. The van der Waals surface area contributed by atoms with Crippen molar-refractivity contribution in [3.8, 4) is 11.1 Å². The van der Waals surface area contributed by atoms with Crippen LogP contribution >= 0.6 is 0 Å². The second-order valence-corrected chi connectivity index (χ2v) is 12.8. The van der Waals surface area contributed by atoms with Crippen molar-refractivity contribution in [3.63, 3.8) is 0 Å². The summed E-state index contributed by atoms with van der Waals surface area (Å²) in [4.78, 5) is 24.4. The highest BCUT2D eigenvalue weighted by atomic mass is 16.5. The topological polar surface area (TPSA) is 93.1 Å². The van der Waals surface area contributed by atoms with Crippen LogP contribution in [0.5, 0.6) is 0 Å². The van der Waals surface area contributed by atoms with Crippen molar-refractivity contribution in [2.75, 3.05) is 26.4 Å². The Bertz CT molecular complexity index is 1990. The largest absolute Gasteiger partial charge is 0.461 e. The van der Waals surface area contributed by atoms with Gasteiger partial charge in [-0.3, -0.25) is 0 Å². The first-order valence-corrected chi connectivity index (χ1v) is 17.3. The van der Waals surface area contributed by atoms with E-state index >= 15 is 0 Å². The summed E-state index contributed by atoms with van der Waals surface area (Å²) in [6.45, 7) is 10.2. The molecule has 6 heteroatoms. The minimum Gasteiger partial charge on any atom is -0.461 e. The molecule has 5 rings (SSSR count). The van der Waals surface area contributed by atoms with Gasteiger partial charge in [-0.15, -0.1) is 0 Å². The number of esters is 2. The first-order valence-electron chi connectivity index (χ1n) is 17.3. The molecule has 0 spiro atoms. The van der Waals surface area contributed by atoms with Gasteiger partial charge in [0.25, 0.3) is 0 Å². The van der Waals surface area contributed by atoms with Crippen molar-refractivity contribution < 1.29 is 29.3 Å². The minimum atomic E-state index is -0.711. The third kappa shape index (κ3) is 8.94. The van der Waals surface area contributed by atoms with Gasteiger partial charge in [0, 0.05) is 0 Å². The Balaban J connectivity index is 1.29. The maximum atomic E-state index is 12.2. The average molecular weight is 671 g/mol. The van der Waals surface area contributed by atoms with E-state index in [0.29, 0.717) is 0 Å². The van der Waals surface area contributed by atoms with E-state index in [2.05, 4.69) is 112 Å². The summed E-state index contributed by atoms with van der Waals surface area (Å²) in [6.07, 6.45) is 4.78. The number of hydrogen-bond acceptors (Lipinski definition) is 6. The molecule has 6 nitrogen and oxygen atoms in total. The smallest absolute Gasteiger partial charge is 0.335 e. The van der Waals surface area contributed by atoms with E-state index in [-0.39, 0.29) is 24.4 Å². The summed E-state index contributed by atoms with van der Waals surface area (Å²) in [6, 6.07) is 33.0. The number of carbonyl (C=O) groups is 2. The highest BCUT2D eigenvalue weighted by Crippen LogP contribution is 2.29. The molecule has 5 aromatic carbocycles. The maximum Gasteiger partial charge on any atom is 0.335 e. The molecule has 0 aliphatic rings. The minimum absolute atomic E-state index is 0.0567. The van der Waals surface area contributed by atoms with E-state index in [9.17, 15) is 19.8 Å². The van der Waals surface area contributed by atoms with E-state index in [1.54, 1.807) is 0 Å². The lowest BCUT2D eigenvalue weighted by Crippen LogP contribution is -2.22. The third-order valence-electron chi connectivity index (χ3n) is 9.24. The Kier molecular flexibility index (Phi) is 12.4. The Morgan fingerprint density at radius 3 is 1.60 bits per heavy atom. The third-order valence-corrected chi connectivity index (χ3v) is 9.24. The normalized spacial score (nSPS) is 11.2. The summed E-state index contributed by atoms with van der Waals surface area (Å²) in [5, 5.41) is 23.4. The molecule has 0 bridgehead atoms. The standard InChI is InChI=1S/C44H46O6/c1-5-7-31-9-12-37-23-39(18-16-35(37)20-31)40-19-17-36-21-32(10-13-38(36)24-40)8-11-34-14-15-41(22-33(34)6-2)42(27-49-43(47)29(3)25-45)28-50-44(48)30(4)26-46/h9-10,12-24,42,45-46H,3-8,11,25-28H2,1-2H3. The number of aliphatic hydroxyl groups excluding tert-OH is 2. The molecule has 50 heavy (non-hydrogen) atoms. The quantitative estimate of drug-likeness (QED) is 0.0812. The second kappa shape index (κ2) is 17.1. The van der Waals surface area contributed by atoms with Crippen molar-refractivity contribution in [1.29, 1.82) is 0 Å². The molecule has 0 fully saturated rings. The van der Waals surface area contributed by atoms with Gasteiger partial charge in [0.2, 0.25) is 0 Å². The van der Waals surface area contributed by atoms with E-state index in [1.165, 1.54) is 49.4 Å². The molecule has 0 aromatic heterocycles. The van der Waals surface area contributed by atoms with Crippen molar-refractivity contribution in [2.45, 2.75) is 51.9 Å². The van der Waals surface area contributed by atoms with Crippen molar-refractivity contribution >= 4 is 33.5 Å². The molecule has 0 atom stereocenters. The molecule has 2 N–H and O–H groups in total. The number of benzene rings is 5. The SMILES string of the molecule is C=C(CO)C(=O)OCC(COC(=O)C(=C)CO)c1ccc(CCc2ccc3cc(-c4ccc5cc(CCC)ccc5c4)ccc3c2)c(CC)c1. The van der Waals surface area contributed by atoms with Gasteiger partial charge in [0.1, 0.15) is 13.2 Å². The monoisotopic (exact) mass is 670 g/mol. The zero-order chi connectivity index (χ0) is 35.6. The maximum absolute atomic E-state index is 12.2. The van der Waals surface area contributed by atoms with Gasteiger partial charge >= 0.3 is 11.9 Å². The van der Waals surface area contributed by atoms with Gasteiger partial charge < -0.3 is 19.7 Å². The zero-order valence-electron chi connectivity index (χ0n) is 29.0. The van der Waals surface area contributed by atoms with Gasteiger partial charge in [-0.2, -0.15) is 0 Å². The Labute approximate surface area is 294 Å². The van der Waals surface area contributed by atoms with Crippen LogP contribution in [0.3, 0.4) is 0 Å². The Morgan fingerprint density at radius 1 is 0.600 bits per heavy atom. The van der Waals surface area contributed by atoms with Crippen LogP contribution in [-0.4, -0.2) is 48.6 Å². The highest BCUT2D eigenvalue weighted by Gasteiger charge is 2.20. The van der Waals surface area contributed by atoms with E-state index in [4.69, 9.17) is 9.47 Å². The number of fused-ring (bicyclic) bond motifs is 2. The number of aliphatic hydroxyl groups is 2. The van der Waals surface area contributed by atoms with E-state index in [1.807, 2.05) is 6.07 Å². The molecule has 5 aromatic rings. The lowest BCUT2D eigenvalue weighted by Gasteiger charge is -2.20. The predicted molar refractivity (Wildman–Crippen MR) is 201 cm³/mol. The molecular formula is C44H46O6. The molecule has 0 saturated carbocycles. The van der Waals surface area contributed by atoms with Gasteiger partial charge in [-0.25, -0.2) is 9.59 Å². The summed E-state index contributed by atoms with van der Waals surface area (Å²) in [5.41, 5.74) is 8.18. The fourth-order valence-corrected chi connectivity index (χ4v) is 6.23. The first-order chi connectivity index (χ1) is 24.2. The average Bonchev–Trinajstić information content (AvgIpc) is 3.15. The predicted octanol–water partition coefficient (Wildman–Crippen LogP) is 8.23. The van der Waals surface area contributed by atoms with Crippen molar-refractivity contribution in [3.05, 3.63) is 143 Å². The van der Waals surface area contributed by atoms with Crippen LogP contribution in [-0.2, 0) is 44.7 Å². The summed E-state index contributed by atoms with van der Waals surface area (Å²) in [5.74, 6) is -1.88. The molecule has 0 saturated heterocycles. The van der Waals surface area contributed by atoms with Crippen LogP contribution < -0.4 is 0 Å². The van der Waals surface area contributed by atoms with Gasteiger partial charge in [-0.05, 0) is 98.3 Å². The van der Waals surface area contributed by atoms with Crippen molar-refractivity contribution in [1.82, 2.24) is 0 Å². The molecule has 0 unspecified atom stereocenters. The molecule has 0 amide bonds. The van der Waals surface area contributed by atoms with Gasteiger partial charge in [-0.1, -0.05) is 112 Å². The lowest BCUT2D eigenvalue weighted by atomic mass is 9.91. The van der Waals surface area contributed by atoms with Crippen molar-refractivity contribution in [2.24, 2.45) is 0 Å². The molecule has 0 radical (unpaired) electrons. The number of carbonyl (C=O) groups excluding carboxylic acids is 2. The zero-order valence-corrected chi connectivity index (χ0v) is 29.0. The number of aryl methyl sites for hydroxylation is 4. The second-order valence-electron chi connectivity index (χ2n) is 12.8. The summed E-state index contributed by atoms with van der Waals surface area (Å²) < 4.78 is 10.7.